The second-order valence-corrected chi connectivity index (χ2v) is 10.7. The molecule has 7 nitrogen and oxygen atoms in total. The molecule has 0 spiro atoms. The van der Waals surface area contributed by atoms with Gasteiger partial charge in [0.2, 0.25) is 21.8 Å². The molecule has 1 N–H and O–H groups in total. The van der Waals surface area contributed by atoms with Crippen LogP contribution in [0.25, 0.3) is 0 Å². The van der Waals surface area contributed by atoms with Crippen LogP contribution in [0.1, 0.15) is 19.4 Å². The van der Waals surface area contributed by atoms with E-state index in [0.29, 0.717) is 16.7 Å². The second kappa shape index (κ2) is 11.1. The van der Waals surface area contributed by atoms with Gasteiger partial charge < -0.3 is 10.2 Å². The van der Waals surface area contributed by atoms with Gasteiger partial charge in [-0.15, -0.1) is 0 Å². The van der Waals surface area contributed by atoms with Crippen LogP contribution in [0.3, 0.4) is 0 Å². The molecule has 0 saturated carbocycles. The minimum atomic E-state index is -3.74. The van der Waals surface area contributed by atoms with Crippen molar-refractivity contribution in [2.45, 2.75) is 26.4 Å². The molecule has 2 rings (SSSR count). The van der Waals surface area contributed by atoms with E-state index < -0.39 is 28.5 Å². The molecule has 0 aromatic heterocycles. The molecule has 0 aliphatic rings. The summed E-state index contributed by atoms with van der Waals surface area (Å²) in [7, 11) is -3.74. The molecule has 0 heterocycles. The maximum atomic E-state index is 13.3. The quantitative estimate of drug-likeness (QED) is 0.496. The fourth-order valence-corrected chi connectivity index (χ4v) is 4.43. The molecule has 168 valence electrons. The van der Waals surface area contributed by atoms with Crippen molar-refractivity contribution >= 4 is 59.4 Å². The van der Waals surface area contributed by atoms with Crippen molar-refractivity contribution in [2.75, 3.05) is 23.7 Å². The fraction of sp³-hybridized carbons (Fsp3) is 0.333. The lowest BCUT2D eigenvalue weighted by molar-refractivity contribution is -0.139. The molecule has 31 heavy (non-hydrogen) atoms. The topological polar surface area (TPSA) is 86.8 Å². The predicted molar refractivity (Wildman–Crippen MR) is 129 cm³/mol. The summed E-state index contributed by atoms with van der Waals surface area (Å²) in [5.41, 5.74) is 1.18. The fourth-order valence-electron chi connectivity index (χ4n) is 2.94. The number of sulfonamides is 1. The molecular formula is C21H25Br2N3O4S. The second-order valence-electron chi connectivity index (χ2n) is 6.97. The Balaban J connectivity index is 2.37. The van der Waals surface area contributed by atoms with Crippen molar-refractivity contribution < 1.29 is 18.0 Å². The van der Waals surface area contributed by atoms with Crippen molar-refractivity contribution in [1.82, 2.24) is 10.2 Å². The van der Waals surface area contributed by atoms with E-state index in [0.717, 1.165) is 20.6 Å². The highest BCUT2D eigenvalue weighted by atomic mass is 79.9. The summed E-state index contributed by atoms with van der Waals surface area (Å²) in [6.45, 7) is 3.60. The van der Waals surface area contributed by atoms with Crippen molar-refractivity contribution in [3.8, 4) is 0 Å². The van der Waals surface area contributed by atoms with Gasteiger partial charge in [-0.05, 0) is 49.7 Å². The Hall–Kier alpha value is -1.91. The number of likely N-dealkylation sites (N-methyl/N-ethyl adjacent to an activating group) is 1. The van der Waals surface area contributed by atoms with Crippen molar-refractivity contribution in [2.24, 2.45) is 0 Å². The molecule has 2 amide bonds. The largest absolute Gasteiger partial charge is 0.355 e. The first kappa shape index (κ1) is 25.4. The maximum absolute atomic E-state index is 13.3. The van der Waals surface area contributed by atoms with E-state index in [4.69, 9.17) is 0 Å². The minimum Gasteiger partial charge on any atom is -0.355 e. The van der Waals surface area contributed by atoms with E-state index in [9.17, 15) is 18.0 Å². The van der Waals surface area contributed by atoms with Gasteiger partial charge in [0, 0.05) is 22.0 Å². The molecule has 0 saturated heterocycles. The van der Waals surface area contributed by atoms with Gasteiger partial charge >= 0.3 is 0 Å². The lowest BCUT2D eigenvalue weighted by atomic mass is 10.1. The average Bonchev–Trinajstić information content (AvgIpc) is 2.70. The summed E-state index contributed by atoms with van der Waals surface area (Å²) in [6, 6.07) is 13.3. The molecule has 2 aromatic carbocycles. The number of amides is 2. The molecule has 10 heteroatoms. The summed E-state index contributed by atoms with van der Waals surface area (Å²) in [4.78, 5) is 27.2. The number of anilines is 1. The summed E-state index contributed by atoms with van der Waals surface area (Å²) in [5.74, 6) is -0.784. The summed E-state index contributed by atoms with van der Waals surface area (Å²) in [5, 5.41) is 2.72. The third kappa shape index (κ3) is 7.33. The van der Waals surface area contributed by atoms with Gasteiger partial charge in [0.25, 0.3) is 0 Å². The number of halogens is 2. The number of rotatable bonds is 9. The highest BCUT2D eigenvalue weighted by Crippen LogP contribution is 2.23. The van der Waals surface area contributed by atoms with E-state index in [2.05, 4.69) is 37.2 Å². The molecule has 0 radical (unpaired) electrons. The lowest BCUT2D eigenvalue weighted by Gasteiger charge is -2.31. The number of hydrogen-bond acceptors (Lipinski definition) is 4. The van der Waals surface area contributed by atoms with Crippen molar-refractivity contribution in [3.05, 3.63) is 63.0 Å². The van der Waals surface area contributed by atoms with Crippen LogP contribution in [-0.4, -0.2) is 50.5 Å². The van der Waals surface area contributed by atoms with Gasteiger partial charge in [-0.25, -0.2) is 8.42 Å². The Kier molecular flexibility index (Phi) is 9.08. The van der Waals surface area contributed by atoms with Crippen LogP contribution in [0.2, 0.25) is 0 Å². The number of nitrogens with one attached hydrogen (secondary N) is 1. The smallest absolute Gasteiger partial charge is 0.244 e. The highest BCUT2D eigenvalue weighted by molar-refractivity contribution is 9.10. The summed E-state index contributed by atoms with van der Waals surface area (Å²) in [6.07, 6.45) is 1.05. The number of hydrogen-bond donors (Lipinski definition) is 1. The maximum Gasteiger partial charge on any atom is 0.244 e. The van der Waals surface area contributed by atoms with E-state index in [1.54, 1.807) is 38.1 Å². The first-order valence-electron chi connectivity index (χ1n) is 9.57. The van der Waals surface area contributed by atoms with Crippen molar-refractivity contribution in [3.63, 3.8) is 0 Å². The Bertz CT molecular complexity index is 1030. The van der Waals surface area contributed by atoms with Crippen LogP contribution in [-0.2, 0) is 26.2 Å². The molecule has 0 fully saturated rings. The highest BCUT2D eigenvalue weighted by Gasteiger charge is 2.29. The molecule has 0 unspecified atom stereocenters. The van der Waals surface area contributed by atoms with Gasteiger partial charge in [0.1, 0.15) is 12.6 Å². The first-order chi connectivity index (χ1) is 14.5. The van der Waals surface area contributed by atoms with Crippen LogP contribution >= 0.6 is 31.9 Å². The number of benzene rings is 2. The van der Waals surface area contributed by atoms with Crippen LogP contribution < -0.4 is 9.62 Å². The number of carbonyl (C=O) groups is 2. The van der Waals surface area contributed by atoms with Crippen LogP contribution in [0.4, 0.5) is 5.69 Å². The zero-order chi connectivity index (χ0) is 23.2. The summed E-state index contributed by atoms with van der Waals surface area (Å²) < 4.78 is 27.5. The minimum absolute atomic E-state index is 0.167. The van der Waals surface area contributed by atoms with E-state index in [-0.39, 0.29) is 12.5 Å². The van der Waals surface area contributed by atoms with E-state index >= 15 is 0 Å². The monoisotopic (exact) mass is 573 g/mol. The zero-order valence-electron chi connectivity index (χ0n) is 17.5. The molecule has 1 atom stereocenters. The van der Waals surface area contributed by atoms with E-state index in [1.165, 1.54) is 4.90 Å². The molecule has 0 bridgehead atoms. The van der Waals surface area contributed by atoms with Crippen molar-refractivity contribution in [1.29, 1.82) is 0 Å². The number of nitrogens with zero attached hydrogens (tertiary/aromatic N) is 2. The Labute approximate surface area is 200 Å². The third-order valence-corrected chi connectivity index (χ3v) is 6.72. The Morgan fingerprint density at radius 3 is 2.26 bits per heavy atom. The SMILES string of the molecule is CCNC(=O)[C@H](C)N(Cc1ccc(Br)cc1)C(=O)CN(c1cccc(Br)c1)S(C)(=O)=O. The van der Waals surface area contributed by atoms with E-state index in [1.807, 2.05) is 24.3 Å². The third-order valence-electron chi connectivity index (χ3n) is 4.56. The van der Waals surface area contributed by atoms with Gasteiger partial charge in [0.05, 0.1) is 11.9 Å². The van der Waals surface area contributed by atoms with Gasteiger partial charge in [-0.1, -0.05) is 50.1 Å². The average molecular weight is 575 g/mol. The lowest BCUT2D eigenvalue weighted by Crippen LogP contribution is -2.51. The Morgan fingerprint density at radius 2 is 1.71 bits per heavy atom. The van der Waals surface area contributed by atoms with Gasteiger partial charge in [0.15, 0.2) is 0 Å². The first-order valence-corrected chi connectivity index (χ1v) is 13.0. The molecular weight excluding hydrogens is 550 g/mol. The van der Waals surface area contributed by atoms with Crippen LogP contribution in [0, 0.1) is 0 Å². The van der Waals surface area contributed by atoms with Crippen LogP contribution in [0.15, 0.2) is 57.5 Å². The molecule has 2 aromatic rings. The molecule has 0 aliphatic heterocycles. The van der Waals surface area contributed by atoms with Gasteiger partial charge in [-0.2, -0.15) is 0 Å². The normalized spacial score (nSPS) is 12.2. The Morgan fingerprint density at radius 1 is 1.06 bits per heavy atom. The predicted octanol–water partition coefficient (Wildman–Crippen LogP) is 3.53. The standard InChI is InChI=1S/C21H25Br2N3O4S/c1-4-24-21(28)15(2)25(13-16-8-10-17(22)11-9-16)20(27)14-26(31(3,29)30)19-7-5-6-18(23)12-19/h5-12,15H,4,13-14H2,1-3H3,(H,24,28)/t15-/m0/s1. The summed E-state index contributed by atoms with van der Waals surface area (Å²) >= 11 is 6.71. The van der Waals surface area contributed by atoms with Gasteiger partial charge in [-0.3, -0.25) is 13.9 Å². The number of carbonyl (C=O) groups excluding carboxylic acids is 2. The van der Waals surface area contributed by atoms with Crippen LogP contribution in [0.5, 0.6) is 0 Å². The zero-order valence-corrected chi connectivity index (χ0v) is 21.5. The molecule has 0 aliphatic carbocycles.